The van der Waals surface area contributed by atoms with Crippen molar-refractivity contribution in [1.29, 1.82) is 0 Å². The van der Waals surface area contributed by atoms with Crippen LogP contribution in [-0.2, 0) is 19.1 Å². The van der Waals surface area contributed by atoms with E-state index < -0.39 is 30.1 Å². The first-order valence-corrected chi connectivity index (χ1v) is 11.2. The lowest BCUT2D eigenvalue weighted by atomic mass is 9.98. The molecule has 1 heterocycles. The maximum Gasteiger partial charge on any atom is 0.407 e. The zero-order chi connectivity index (χ0) is 23.4. The Morgan fingerprint density at radius 3 is 2.33 bits per heavy atom. The van der Waals surface area contributed by atoms with Gasteiger partial charge in [0.2, 0.25) is 5.91 Å². The highest BCUT2D eigenvalue weighted by atomic mass is 16.5. The van der Waals surface area contributed by atoms with Gasteiger partial charge in [-0.15, -0.1) is 0 Å². The molecule has 0 bridgehead atoms. The fourth-order valence-corrected chi connectivity index (χ4v) is 4.56. The van der Waals surface area contributed by atoms with Crippen LogP contribution >= 0.6 is 0 Å². The standard InChI is InChI=1S/C25H28N2O6/c1-2-15(23(28)27-21-11-12-32-22(21)24(29)30)13-26-25(31)33-14-20-18-9-5-3-7-16(18)17-8-4-6-10-19(17)20/h3-10,15,20-22H,2,11-14H2,1H3,(H,26,31)(H,27,28)(H,29,30). The van der Waals surface area contributed by atoms with Crippen molar-refractivity contribution < 1.29 is 29.0 Å². The van der Waals surface area contributed by atoms with Gasteiger partial charge in [0.15, 0.2) is 6.10 Å². The molecule has 0 aromatic heterocycles. The van der Waals surface area contributed by atoms with E-state index in [0.717, 1.165) is 22.3 Å². The van der Waals surface area contributed by atoms with Gasteiger partial charge in [-0.05, 0) is 35.1 Å². The molecule has 2 aromatic carbocycles. The number of amides is 2. The summed E-state index contributed by atoms with van der Waals surface area (Å²) in [6, 6.07) is 15.6. The van der Waals surface area contributed by atoms with Gasteiger partial charge in [-0.1, -0.05) is 55.5 Å². The molecule has 1 aliphatic heterocycles. The van der Waals surface area contributed by atoms with Crippen LogP contribution < -0.4 is 10.6 Å². The first kappa shape index (κ1) is 22.8. The third-order valence-corrected chi connectivity index (χ3v) is 6.36. The first-order valence-electron chi connectivity index (χ1n) is 11.2. The minimum Gasteiger partial charge on any atom is -0.479 e. The van der Waals surface area contributed by atoms with Gasteiger partial charge < -0.3 is 25.2 Å². The van der Waals surface area contributed by atoms with E-state index in [1.165, 1.54) is 0 Å². The number of carboxylic acid groups (broad SMARTS) is 1. The van der Waals surface area contributed by atoms with Gasteiger partial charge in [0.1, 0.15) is 6.61 Å². The second kappa shape index (κ2) is 10.0. The lowest BCUT2D eigenvalue weighted by Crippen LogP contribution is -2.48. The Balaban J connectivity index is 1.30. The van der Waals surface area contributed by atoms with Crippen LogP contribution in [0.1, 0.15) is 36.8 Å². The summed E-state index contributed by atoms with van der Waals surface area (Å²) in [6.07, 6.45) is -0.697. The highest BCUT2D eigenvalue weighted by Crippen LogP contribution is 2.44. The largest absolute Gasteiger partial charge is 0.479 e. The molecular weight excluding hydrogens is 424 g/mol. The minimum atomic E-state index is -1.09. The number of ether oxygens (including phenoxy) is 2. The molecule has 0 saturated carbocycles. The van der Waals surface area contributed by atoms with Crippen LogP contribution in [0.5, 0.6) is 0 Å². The molecule has 8 nitrogen and oxygen atoms in total. The lowest BCUT2D eigenvalue weighted by molar-refractivity contribution is -0.148. The fourth-order valence-electron chi connectivity index (χ4n) is 4.56. The van der Waals surface area contributed by atoms with Crippen molar-refractivity contribution >= 4 is 18.0 Å². The third-order valence-electron chi connectivity index (χ3n) is 6.36. The van der Waals surface area contributed by atoms with E-state index in [1.54, 1.807) is 0 Å². The van der Waals surface area contributed by atoms with Gasteiger partial charge >= 0.3 is 12.1 Å². The van der Waals surface area contributed by atoms with E-state index in [0.29, 0.717) is 12.8 Å². The van der Waals surface area contributed by atoms with E-state index in [9.17, 15) is 19.5 Å². The number of hydrogen-bond acceptors (Lipinski definition) is 5. The predicted molar refractivity (Wildman–Crippen MR) is 121 cm³/mol. The summed E-state index contributed by atoms with van der Waals surface area (Å²) < 4.78 is 10.7. The topological polar surface area (TPSA) is 114 Å². The molecule has 3 N–H and O–H groups in total. The molecule has 2 amide bonds. The molecule has 8 heteroatoms. The third kappa shape index (κ3) is 4.85. The summed E-state index contributed by atoms with van der Waals surface area (Å²) in [5, 5.41) is 14.6. The maximum absolute atomic E-state index is 12.6. The fraction of sp³-hybridized carbons (Fsp3) is 0.400. The van der Waals surface area contributed by atoms with Gasteiger partial charge in [-0.3, -0.25) is 4.79 Å². The molecule has 1 fully saturated rings. The van der Waals surface area contributed by atoms with Crippen molar-refractivity contribution in [2.75, 3.05) is 19.8 Å². The summed E-state index contributed by atoms with van der Waals surface area (Å²) >= 11 is 0. The molecule has 0 spiro atoms. The van der Waals surface area contributed by atoms with E-state index in [4.69, 9.17) is 9.47 Å². The van der Waals surface area contributed by atoms with E-state index >= 15 is 0 Å². The zero-order valence-corrected chi connectivity index (χ0v) is 18.5. The van der Waals surface area contributed by atoms with Crippen molar-refractivity contribution in [3.05, 3.63) is 59.7 Å². The van der Waals surface area contributed by atoms with Gasteiger partial charge in [0.05, 0.1) is 12.0 Å². The van der Waals surface area contributed by atoms with Crippen LogP contribution in [0.2, 0.25) is 0 Å². The predicted octanol–water partition coefficient (Wildman–Crippen LogP) is 2.91. The lowest BCUT2D eigenvalue weighted by Gasteiger charge is -2.21. The molecule has 174 valence electrons. The monoisotopic (exact) mass is 452 g/mol. The molecule has 3 unspecified atom stereocenters. The normalized spacial score (nSPS) is 19.9. The first-order chi connectivity index (χ1) is 16.0. The van der Waals surface area contributed by atoms with Crippen molar-refractivity contribution in [1.82, 2.24) is 10.6 Å². The number of hydrogen-bond donors (Lipinski definition) is 3. The molecule has 2 aromatic rings. The molecule has 1 aliphatic carbocycles. The van der Waals surface area contributed by atoms with E-state index in [-0.39, 0.29) is 31.6 Å². The van der Waals surface area contributed by atoms with Crippen molar-refractivity contribution in [3.8, 4) is 11.1 Å². The van der Waals surface area contributed by atoms with Crippen LogP contribution in [0.25, 0.3) is 11.1 Å². The van der Waals surface area contributed by atoms with Crippen LogP contribution in [0, 0.1) is 5.92 Å². The van der Waals surface area contributed by atoms with Crippen molar-refractivity contribution in [3.63, 3.8) is 0 Å². The Bertz CT molecular complexity index is 994. The smallest absolute Gasteiger partial charge is 0.407 e. The van der Waals surface area contributed by atoms with Gasteiger partial charge in [-0.25, -0.2) is 9.59 Å². The van der Waals surface area contributed by atoms with Crippen LogP contribution in [-0.4, -0.2) is 55.0 Å². The quantitative estimate of drug-likeness (QED) is 0.568. The number of carbonyl (C=O) groups excluding carboxylic acids is 2. The van der Waals surface area contributed by atoms with Gasteiger partial charge in [0, 0.05) is 19.1 Å². The molecule has 3 atom stereocenters. The number of nitrogens with one attached hydrogen (secondary N) is 2. The summed E-state index contributed by atoms with van der Waals surface area (Å²) in [5.41, 5.74) is 4.56. The van der Waals surface area contributed by atoms with Gasteiger partial charge in [-0.2, -0.15) is 0 Å². The molecule has 4 rings (SSSR count). The number of rotatable bonds is 8. The Labute approximate surface area is 192 Å². The number of benzene rings is 2. The number of fused-ring (bicyclic) bond motifs is 3. The SMILES string of the molecule is CCC(CNC(=O)OCC1c2ccccc2-c2ccccc21)C(=O)NC1CCOC1C(=O)O. The summed E-state index contributed by atoms with van der Waals surface area (Å²) in [5.74, 6) is -1.94. The average Bonchev–Trinajstić information content (AvgIpc) is 3.41. The van der Waals surface area contributed by atoms with Crippen LogP contribution in [0.3, 0.4) is 0 Å². The Morgan fingerprint density at radius 2 is 1.73 bits per heavy atom. The summed E-state index contributed by atoms with van der Waals surface area (Å²) in [7, 11) is 0. The maximum atomic E-state index is 12.6. The van der Waals surface area contributed by atoms with E-state index in [1.807, 2.05) is 31.2 Å². The number of aliphatic carboxylic acids is 1. The molecular formula is C25H28N2O6. The van der Waals surface area contributed by atoms with E-state index in [2.05, 4.69) is 34.9 Å². The minimum absolute atomic E-state index is 0.0382. The summed E-state index contributed by atoms with van der Waals surface area (Å²) in [4.78, 5) is 36.2. The molecule has 2 aliphatic rings. The highest BCUT2D eigenvalue weighted by Gasteiger charge is 2.36. The number of alkyl carbamates (subject to hydrolysis) is 1. The van der Waals surface area contributed by atoms with Crippen molar-refractivity contribution in [2.45, 2.75) is 37.8 Å². The Kier molecular flexibility index (Phi) is 6.93. The zero-order valence-electron chi connectivity index (χ0n) is 18.5. The van der Waals surface area contributed by atoms with Gasteiger partial charge in [0.25, 0.3) is 0 Å². The molecule has 33 heavy (non-hydrogen) atoms. The number of carboxylic acids is 1. The highest BCUT2D eigenvalue weighted by molar-refractivity contribution is 5.82. The van der Waals surface area contributed by atoms with Crippen molar-refractivity contribution in [2.24, 2.45) is 5.92 Å². The van der Waals surface area contributed by atoms with Crippen LogP contribution in [0.4, 0.5) is 4.79 Å². The molecule has 0 radical (unpaired) electrons. The summed E-state index contributed by atoms with van der Waals surface area (Å²) in [6.45, 7) is 2.42. The Morgan fingerprint density at radius 1 is 1.09 bits per heavy atom. The second-order valence-corrected chi connectivity index (χ2v) is 8.35. The van der Waals surface area contributed by atoms with Crippen LogP contribution in [0.15, 0.2) is 48.5 Å². The number of carbonyl (C=O) groups is 3. The molecule has 1 saturated heterocycles. The second-order valence-electron chi connectivity index (χ2n) is 8.35. The average molecular weight is 453 g/mol. The Hall–Kier alpha value is -3.39.